The summed E-state index contributed by atoms with van der Waals surface area (Å²) >= 11 is 0. The highest BCUT2D eigenvalue weighted by Gasteiger charge is 2.02. The maximum Gasteiger partial charge on any atom is -0.0234 e. The van der Waals surface area contributed by atoms with Crippen LogP contribution in [-0.2, 0) is 0 Å². The molecule has 1 atom stereocenters. The molecule has 0 bridgehead atoms. The van der Waals surface area contributed by atoms with Gasteiger partial charge in [-0.25, -0.2) is 0 Å². The van der Waals surface area contributed by atoms with Crippen molar-refractivity contribution in [3.8, 4) is 0 Å². The van der Waals surface area contributed by atoms with Crippen LogP contribution in [-0.4, -0.2) is 0 Å². The molecular formula is C17H32. The molecule has 0 saturated carbocycles. The largest absolute Gasteiger partial charge is 0.0883 e. The van der Waals surface area contributed by atoms with E-state index >= 15 is 0 Å². The first-order valence-corrected chi connectivity index (χ1v) is 7.60. The fourth-order valence-electron chi connectivity index (χ4n) is 2.23. The predicted octanol–water partition coefficient (Wildman–Crippen LogP) is 6.14. The Labute approximate surface area is 110 Å². The molecule has 0 saturated heterocycles. The van der Waals surface area contributed by atoms with Crippen LogP contribution in [0.1, 0.15) is 77.6 Å². The quantitative estimate of drug-likeness (QED) is 0.282. The molecule has 0 aliphatic carbocycles. The van der Waals surface area contributed by atoms with Crippen LogP contribution >= 0.6 is 0 Å². The van der Waals surface area contributed by atoms with Crippen LogP contribution in [0.3, 0.4) is 0 Å². The predicted molar refractivity (Wildman–Crippen MR) is 79.8 cm³/mol. The molecule has 0 N–H and O–H groups in total. The van der Waals surface area contributed by atoms with Gasteiger partial charge >= 0.3 is 0 Å². The Kier molecular flexibility index (Phi) is 13.6. The van der Waals surface area contributed by atoms with E-state index in [-0.39, 0.29) is 0 Å². The van der Waals surface area contributed by atoms with Crippen LogP contribution in [0.2, 0.25) is 0 Å². The second-order valence-electron chi connectivity index (χ2n) is 5.03. The highest BCUT2D eigenvalue weighted by Crippen LogP contribution is 2.18. The molecule has 0 fully saturated rings. The molecular weight excluding hydrogens is 204 g/mol. The van der Waals surface area contributed by atoms with Crippen LogP contribution in [0, 0.1) is 19.8 Å². The van der Waals surface area contributed by atoms with Gasteiger partial charge in [-0.05, 0) is 31.6 Å². The molecule has 0 aromatic heterocycles. The Morgan fingerprint density at radius 3 is 2.24 bits per heavy atom. The van der Waals surface area contributed by atoms with E-state index in [9.17, 15) is 0 Å². The average molecular weight is 236 g/mol. The van der Waals surface area contributed by atoms with Crippen molar-refractivity contribution in [3.63, 3.8) is 0 Å². The van der Waals surface area contributed by atoms with E-state index in [0.29, 0.717) is 0 Å². The zero-order chi connectivity index (χ0) is 12.8. The van der Waals surface area contributed by atoms with E-state index < -0.39 is 0 Å². The van der Waals surface area contributed by atoms with E-state index in [1.54, 1.807) is 0 Å². The molecule has 0 heterocycles. The van der Waals surface area contributed by atoms with Crippen molar-refractivity contribution in [2.24, 2.45) is 5.92 Å². The summed E-state index contributed by atoms with van der Waals surface area (Å²) in [7, 11) is 0. The van der Waals surface area contributed by atoms with Crippen LogP contribution in [0.4, 0.5) is 0 Å². The van der Waals surface area contributed by atoms with Crippen LogP contribution in [0.15, 0.2) is 12.2 Å². The fourth-order valence-corrected chi connectivity index (χ4v) is 2.23. The number of allylic oxidation sites excluding steroid dienone is 2. The maximum absolute atomic E-state index is 3.88. The first-order valence-electron chi connectivity index (χ1n) is 7.60. The molecule has 0 aliphatic rings. The van der Waals surface area contributed by atoms with Crippen molar-refractivity contribution in [1.29, 1.82) is 0 Å². The lowest BCUT2D eigenvalue weighted by molar-refractivity contribution is 0.489. The number of rotatable bonds is 12. The van der Waals surface area contributed by atoms with Gasteiger partial charge in [-0.3, -0.25) is 0 Å². The van der Waals surface area contributed by atoms with Crippen molar-refractivity contribution < 1.29 is 0 Å². The summed E-state index contributed by atoms with van der Waals surface area (Å²) < 4.78 is 0. The molecule has 0 amide bonds. The lowest BCUT2D eigenvalue weighted by Crippen LogP contribution is -1.96. The zero-order valence-electron chi connectivity index (χ0n) is 11.9. The average Bonchev–Trinajstić information content (AvgIpc) is 2.34. The summed E-state index contributed by atoms with van der Waals surface area (Å²) in [5.74, 6) is 0.819. The summed E-state index contributed by atoms with van der Waals surface area (Å²) in [6, 6.07) is 0. The number of hydrogen-bond acceptors (Lipinski definition) is 0. The molecule has 0 nitrogen and oxygen atoms in total. The van der Waals surface area contributed by atoms with Gasteiger partial charge in [-0.15, -0.1) is 0 Å². The highest BCUT2D eigenvalue weighted by atomic mass is 14.1. The summed E-state index contributed by atoms with van der Waals surface area (Å²) in [6.45, 7) is 10.0. The SMILES string of the molecule is [CH2]CC/C=C/C(CCC)CCCCCCC[CH2]. The fraction of sp³-hybridized carbons (Fsp3) is 0.765. The lowest BCUT2D eigenvalue weighted by atomic mass is 9.95. The van der Waals surface area contributed by atoms with E-state index in [1.807, 2.05) is 0 Å². The van der Waals surface area contributed by atoms with Crippen molar-refractivity contribution in [2.75, 3.05) is 0 Å². The normalized spacial score (nSPS) is 13.4. The molecule has 0 heteroatoms. The van der Waals surface area contributed by atoms with Gasteiger partial charge in [0.25, 0.3) is 0 Å². The lowest BCUT2D eigenvalue weighted by Gasteiger charge is -2.11. The minimum absolute atomic E-state index is 0.819. The molecule has 0 spiro atoms. The monoisotopic (exact) mass is 236 g/mol. The third-order valence-corrected chi connectivity index (χ3v) is 3.26. The van der Waals surface area contributed by atoms with Gasteiger partial charge in [0.2, 0.25) is 0 Å². The van der Waals surface area contributed by atoms with Crippen molar-refractivity contribution in [1.82, 2.24) is 0 Å². The van der Waals surface area contributed by atoms with Gasteiger partial charge in [0.15, 0.2) is 0 Å². The maximum atomic E-state index is 3.88. The molecule has 1 unspecified atom stereocenters. The van der Waals surface area contributed by atoms with Crippen molar-refractivity contribution in [3.05, 3.63) is 26.0 Å². The molecule has 0 aromatic carbocycles. The number of unbranched alkanes of at least 4 members (excludes halogenated alkanes) is 6. The second-order valence-corrected chi connectivity index (χ2v) is 5.03. The minimum atomic E-state index is 0.819. The molecule has 17 heavy (non-hydrogen) atoms. The molecule has 0 aromatic rings. The number of hydrogen-bond donors (Lipinski definition) is 0. The third-order valence-electron chi connectivity index (χ3n) is 3.26. The molecule has 2 radical (unpaired) electrons. The molecule has 0 aliphatic heterocycles. The van der Waals surface area contributed by atoms with Gasteiger partial charge in [0, 0.05) is 0 Å². The van der Waals surface area contributed by atoms with Crippen molar-refractivity contribution >= 4 is 0 Å². The van der Waals surface area contributed by atoms with Crippen LogP contribution in [0.25, 0.3) is 0 Å². The summed E-state index contributed by atoms with van der Waals surface area (Å²) in [5.41, 5.74) is 0. The summed E-state index contributed by atoms with van der Waals surface area (Å²) in [4.78, 5) is 0. The zero-order valence-corrected chi connectivity index (χ0v) is 11.9. The minimum Gasteiger partial charge on any atom is -0.0883 e. The van der Waals surface area contributed by atoms with E-state index in [2.05, 4.69) is 32.9 Å². The van der Waals surface area contributed by atoms with Crippen LogP contribution in [0.5, 0.6) is 0 Å². The Hall–Kier alpha value is -0.260. The summed E-state index contributed by atoms with van der Waals surface area (Å²) in [6.07, 6.45) is 19.0. The smallest absolute Gasteiger partial charge is 0.0234 e. The second kappa shape index (κ2) is 13.8. The first kappa shape index (κ1) is 16.7. The Balaban J connectivity index is 3.55. The van der Waals surface area contributed by atoms with Crippen molar-refractivity contribution in [2.45, 2.75) is 77.6 Å². The highest BCUT2D eigenvalue weighted by molar-refractivity contribution is 4.88. The Bertz CT molecular complexity index is 157. The van der Waals surface area contributed by atoms with Crippen LogP contribution < -0.4 is 0 Å². The van der Waals surface area contributed by atoms with Gasteiger partial charge in [-0.1, -0.05) is 77.9 Å². The standard InChI is InChI=1S/C17H32/c1-4-7-9-10-11-13-16-17(14-6-3)15-12-8-5-2/h12,15,17H,1-2,4-11,13-14,16H2,3H3/b15-12+. The topological polar surface area (TPSA) is 0 Å². The Morgan fingerprint density at radius 2 is 1.59 bits per heavy atom. The van der Waals surface area contributed by atoms with E-state index in [1.165, 1.54) is 51.4 Å². The van der Waals surface area contributed by atoms with Gasteiger partial charge in [0.05, 0.1) is 0 Å². The van der Waals surface area contributed by atoms with Gasteiger partial charge in [-0.2, -0.15) is 0 Å². The Morgan fingerprint density at radius 1 is 0.882 bits per heavy atom. The van der Waals surface area contributed by atoms with E-state index in [4.69, 9.17) is 0 Å². The van der Waals surface area contributed by atoms with E-state index in [0.717, 1.165) is 25.2 Å². The third kappa shape index (κ3) is 12.0. The molecule has 0 rings (SSSR count). The van der Waals surface area contributed by atoms with Gasteiger partial charge in [0.1, 0.15) is 0 Å². The first-order chi connectivity index (χ1) is 8.35. The molecule has 100 valence electrons. The van der Waals surface area contributed by atoms with Gasteiger partial charge < -0.3 is 0 Å². The summed E-state index contributed by atoms with van der Waals surface area (Å²) in [5, 5.41) is 0.